The number of nitrogens with one attached hydrogen (secondary N) is 1. The summed E-state index contributed by atoms with van der Waals surface area (Å²) >= 11 is 0. The number of amidine groups is 1. The number of Topliss-reactive ketones (excluding diaryl/α,β-unsaturated/α-hetero) is 1. The third-order valence-electron chi connectivity index (χ3n) is 4.71. The number of hydrogen-bond acceptors (Lipinski definition) is 4. The van der Waals surface area contributed by atoms with E-state index < -0.39 is 10.0 Å². The molecule has 1 aromatic heterocycles. The molecule has 1 atom stereocenters. The molecule has 7 heteroatoms. The van der Waals surface area contributed by atoms with Crippen molar-refractivity contribution in [1.82, 2.24) is 4.57 Å². The Labute approximate surface area is 163 Å². The number of carbonyl (C=O) groups excluding carboxylic acids is 1. The van der Waals surface area contributed by atoms with Gasteiger partial charge in [-0.05, 0) is 36.2 Å². The molecule has 4 rings (SSSR count). The summed E-state index contributed by atoms with van der Waals surface area (Å²) in [6.45, 7) is 0. The lowest BCUT2D eigenvalue weighted by Crippen LogP contribution is -2.29. The molecule has 0 amide bonds. The van der Waals surface area contributed by atoms with Crippen molar-refractivity contribution in [1.29, 1.82) is 0 Å². The standard InChI is InChI=1S/C21H19N3O3S/c25-19(21-22-17-10-4-5-11-20(17)28(26,27)23-21)13-12-18(24-14-6-7-15-24)16-8-2-1-3-9-16/h1-11,14-15,18H,12-13H2,(H,22,23). The van der Waals surface area contributed by atoms with Gasteiger partial charge >= 0.3 is 0 Å². The van der Waals surface area contributed by atoms with Crippen LogP contribution < -0.4 is 5.32 Å². The minimum Gasteiger partial charge on any atom is -0.347 e. The van der Waals surface area contributed by atoms with Gasteiger partial charge in [-0.15, -0.1) is 4.40 Å². The first kappa shape index (κ1) is 18.2. The monoisotopic (exact) mass is 393 g/mol. The van der Waals surface area contributed by atoms with Crippen LogP contribution in [0.4, 0.5) is 5.69 Å². The van der Waals surface area contributed by atoms with Crippen molar-refractivity contribution in [3.05, 3.63) is 84.7 Å². The summed E-state index contributed by atoms with van der Waals surface area (Å²) in [5, 5.41) is 2.87. The zero-order valence-corrected chi connectivity index (χ0v) is 15.8. The van der Waals surface area contributed by atoms with Crippen LogP contribution in [-0.2, 0) is 14.8 Å². The maximum Gasteiger partial charge on any atom is 0.286 e. The molecule has 6 nitrogen and oxygen atoms in total. The van der Waals surface area contributed by atoms with Gasteiger partial charge in [0.25, 0.3) is 10.0 Å². The van der Waals surface area contributed by atoms with Crippen LogP contribution in [-0.4, -0.2) is 24.6 Å². The number of nitrogens with zero attached hydrogens (tertiary/aromatic N) is 2. The van der Waals surface area contributed by atoms with E-state index in [1.54, 1.807) is 18.2 Å². The minimum absolute atomic E-state index is 0.0202. The number of hydrogen-bond donors (Lipinski definition) is 1. The number of benzene rings is 2. The van der Waals surface area contributed by atoms with E-state index in [-0.39, 0.29) is 29.0 Å². The van der Waals surface area contributed by atoms with Crippen LogP contribution in [0.2, 0.25) is 0 Å². The fourth-order valence-electron chi connectivity index (χ4n) is 3.34. The fraction of sp³-hybridized carbons (Fsp3) is 0.143. The number of aromatic nitrogens is 1. The molecule has 1 aliphatic rings. The lowest BCUT2D eigenvalue weighted by Gasteiger charge is -2.21. The largest absolute Gasteiger partial charge is 0.347 e. The maximum atomic E-state index is 12.7. The van der Waals surface area contributed by atoms with E-state index in [1.165, 1.54) is 6.07 Å². The predicted octanol–water partition coefficient (Wildman–Crippen LogP) is 3.64. The van der Waals surface area contributed by atoms with Crippen LogP contribution in [0.25, 0.3) is 0 Å². The molecule has 1 unspecified atom stereocenters. The van der Waals surface area contributed by atoms with E-state index >= 15 is 0 Å². The molecular weight excluding hydrogens is 374 g/mol. The number of carbonyl (C=O) groups is 1. The molecule has 2 aromatic carbocycles. The molecule has 0 bridgehead atoms. The van der Waals surface area contributed by atoms with E-state index in [9.17, 15) is 13.2 Å². The number of para-hydroxylation sites is 1. The van der Waals surface area contributed by atoms with E-state index in [0.717, 1.165) is 5.56 Å². The van der Waals surface area contributed by atoms with E-state index in [1.807, 2.05) is 59.4 Å². The predicted molar refractivity (Wildman–Crippen MR) is 108 cm³/mol. The highest BCUT2D eigenvalue weighted by Gasteiger charge is 2.28. The van der Waals surface area contributed by atoms with Crippen molar-refractivity contribution in [3.63, 3.8) is 0 Å². The van der Waals surface area contributed by atoms with Crippen LogP contribution in [0.1, 0.15) is 24.4 Å². The Bertz CT molecular complexity index is 1120. The van der Waals surface area contributed by atoms with Crippen molar-refractivity contribution in [2.24, 2.45) is 4.40 Å². The average Bonchev–Trinajstić information content (AvgIpc) is 3.23. The second-order valence-corrected chi connectivity index (χ2v) is 8.13. The molecule has 142 valence electrons. The van der Waals surface area contributed by atoms with Crippen molar-refractivity contribution in [2.45, 2.75) is 23.8 Å². The van der Waals surface area contributed by atoms with E-state index in [0.29, 0.717) is 12.1 Å². The maximum absolute atomic E-state index is 12.7. The number of ketones is 1. The van der Waals surface area contributed by atoms with Crippen molar-refractivity contribution in [3.8, 4) is 0 Å². The van der Waals surface area contributed by atoms with Crippen LogP contribution in [0.5, 0.6) is 0 Å². The zero-order chi connectivity index (χ0) is 19.6. The van der Waals surface area contributed by atoms with Gasteiger partial charge in [-0.1, -0.05) is 42.5 Å². The molecule has 28 heavy (non-hydrogen) atoms. The molecule has 3 aromatic rings. The lowest BCUT2D eigenvalue weighted by molar-refractivity contribution is -0.113. The first-order valence-corrected chi connectivity index (χ1v) is 10.4. The van der Waals surface area contributed by atoms with Gasteiger partial charge < -0.3 is 9.88 Å². The van der Waals surface area contributed by atoms with Gasteiger partial charge in [0, 0.05) is 18.8 Å². The fourth-order valence-corrected chi connectivity index (χ4v) is 4.47. The minimum atomic E-state index is -3.87. The summed E-state index contributed by atoms with van der Waals surface area (Å²) in [5.74, 6) is -0.454. The van der Waals surface area contributed by atoms with Crippen LogP contribution in [0.15, 0.2) is 88.4 Å². The highest BCUT2D eigenvalue weighted by molar-refractivity contribution is 7.90. The Morgan fingerprint density at radius 1 is 0.964 bits per heavy atom. The Balaban J connectivity index is 1.54. The number of sulfonamides is 1. The summed E-state index contributed by atoms with van der Waals surface area (Å²) in [4.78, 5) is 12.8. The molecule has 0 spiro atoms. The highest BCUT2D eigenvalue weighted by Crippen LogP contribution is 2.28. The molecular formula is C21H19N3O3S. The first-order valence-electron chi connectivity index (χ1n) is 8.96. The Morgan fingerprint density at radius 3 is 2.39 bits per heavy atom. The summed E-state index contributed by atoms with van der Waals surface area (Å²) in [7, 11) is -3.87. The summed E-state index contributed by atoms with van der Waals surface area (Å²) in [5.41, 5.74) is 1.47. The number of anilines is 1. The van der Waals surface area contributed by atoms with Gasteiger partial charge in [-0.25, -0.2) is 0 Å². The third-order valence-corrected chi connectivity index (χ3v) is 6.04. The van der Waals surface area contributed by atoms with E-state index in [2.05, 4.69) is 9.71 Å². The van der Waals surface area contributed by atoms with Gasteiger partial charge in [-0.3, -0.25) is 4.79 Å². The molecule has 0 radical (unpaired) electrons. The summed E-state index contributed by atoms with van der Waals surface area (Å²) < 4.78 is 30.4. The zero-order valence-electron chi connectivity index (χ0n) is 15.0. The lowest BCUT2D eigenvalue weighted by atomic mass is 10.00. The first-order chi connectivity index (χ1) is 13.5. The third kappa shape index (κ3) is 3.61. The molecule has 0 saturated carbocycles. The molecule has 0 saturated heterocycles. The molecule has 2 heterocycles. The smallest absolute Gasteiger partial charge is 0.286 e. The van der Waals surface area contributed by atoms with Crippen molar-refractivity contribution < 1.29 is 13.2 Å². The van der Waals surface area contributed by atoms with Gasteiger partial charge in [0.1, 0.15) is 4.90 Å². The van der Waals surface area contributed by atoms with Crippen LogP contribution in [0.3, 0.4) is 0 Å². The normalized spacial score (nSPS) is 15.8. The van der Waals surface area contributed by atoms with Crippen LogP contribution >= 0.6 is 0 Å². The number of rotatable bonds is 6. The Morgan fingerprint density at radius 2 is 1.64 bits per heavy atom. The second kappa shape index (κ2) is 7.44. The Hall–Kier alpha value is -3.19. The average molecular weight is 393 g/mol. The number of fused-ring (bicyclic) bond motifs is 1. The van der Waals surface area contributed by atoms with E-state index in [4.69, 9.17) is 0 Å². The molecule has 1 aliphatic heterocycles. The topological polar surface area (TPSA) is 80.5 Å². The van der Waals surface area contributed by atoms with Crippen molar-refractivity contribution in [2.75, 3.05) is 5.32 Å². The summed E-state index contributed by atoms with van der Waals surface area (Å²) in [6, 6.07) is 20.2. The van der Waals surface area contributed by atoms with Gasteiger partial charge in [0.15, 0.2) is 11.6 Å². The van der Waals surface area contributed by atoms with Gasteiger partial charge in [0.05, 0.1) is 11.7 Å². The van der Waals surface area contributed by atoms with Gasteiger partial charge in [-0.2, -0.15) is 8.42 Å². The van der Waals surface area contributed by atoms with Crippen molar-refractivity contribution >= 4 is 27.3 Å². The molecule has 0 aliphatic carbocycles. The summed E-state index contributed by atoms with van der Waals surface area (Å²) in [6.07, 6.45) is 4.61. The Kier molecular flexibility index (Phi) is 4.83. The SMILES string of the molecule is O=C(CCC(c1ccccc1)n1cccc1)C1=NS(=O)(=O)c2ccccc2N1. The van der Waals surface area contributed by atoms with Gasteiger partial charge in [0.2, 0.25) is 0 Å². The quantitative estimate of drug-likeness (QED) is 0.693. The molecule has 1 N–H and O–H groups in total. The molecule has 0 fully saturated rings. The second-order valence-electron chi connectivity index (χ2n) is 6.55. The highest BCUT2D eigenvalue weighted by atomic mass is 32.2. The van der Waals surface area contributed by atoms with Crippen LogP contribution in [0, 0.1) is 0 Å².